The first-order valence-corrected chi connectivity index (χ1v) is 6.26. The molecule has 0 saturated heterocycles. The van der Waals surface area contributed by atoms with Crippen LogP contribution < -0.4 is 0 Å². The minimum absolute atomic E-state index is 0.00427. The molecule has 0 heterocycles. The van der Waals surface area contributed by atoms with E-state index in [1.165, 1.54) is 7.11 Å². The van der Waals surface area contributed by atoms with Gasteiger partial charge in [-0.2, -0.15) is 13.2 Å². The molecule has 1 aliphatic rings. The Hall–Kier alpha value is -0.820. The van der Waals surface area contributed by atoms with Crippen LogP contribution in [0.1, 0.15) is 25.7 Å². The Morgan fingerprint density at radius 1 is 1.16 bits per heavy atom. The van der Waals surface area contributed by atoms with E-state index < -0.39 is 12.8 Å². The molecule has 7 heteroatoms. The first-order valence-electron chi connectivity index (χ1n) is 6.26. The SMILES string of the molecule is COC(=O)C1CCC(OCCOCC(F)(F)F)CC1. The van der Waals surface area contributed by atoms with Crippen molar-refractivity contribution in [2.45, 2.75) is 38.0 Å². The van der Waals surface area contributed by atoms with Gasteiger partial charge >= 0.3 is 12.1 Å². The predicted octanol–water partition coefficient (Wildman–Crippen LogP) is 2.31. The number of halogens is 3. The molecule has 0 amide bonds. The van der Waals surface area contributed by atoms with Gasteiger partial charge < -0.3 is 14.2 Å². The van der Waals surface area contributed by atoms with Crippen LogP contribution in [0.2, 0.25) is 0 Å². The highest BCUT2D eigenvalue weighted by atomic mass is 19.4. The fraction of sp³-hybridized carbons (Fsp3) is 0.917. The van der Waals surface area contributed by atoms with Gasteiger partial charge in [0.25, 0.3) is 0 Å². The number of alkyl halides is 3. The normalized spacial score (nSPS) is 24.2. The van der Waals surface area contributed by atoms with Crippen molar-refractivity contribution >= 4 is 5.97 Å². The van der Waals surface area contributed by atoms with Crippen molar-refractivity contribution in [3.05, 3.63) is 0 Å². The molecule has 0 aliphatic heterocycles. The maximum atomic E-state index is 11.8. The summed E-state index contributed by atoms with van der Waals surface area (Å²) in [6, 6.07) is 0. The third-order valence-electron chi connectivity index (χ3n) is 3.06. The van der Waals surface area contributed by atoms with E-state index in [4.69, 9.17) is 4.74 Å². The molecule has 1 saturated carbocycles. The van der Waals surface area contributed by atoms with Gasteiger partial charge in [-0.25, -0.2) is 0 Å². The molecule has 0 spiro atoms. The van der Waals surface area contributed by atoms with E-state index in [0.717, 1.165) is 12.8 Å². The van der Waals surface area contributed by atoms with E-state index in [1.807, 2.05) is 0 Å². The Balaban J connectivity index is 2.05. The van der Waals surface area contributed by atoms with E-state index in [2.05, 4.69) is 9.47 Å². The zero-order chi connectivity index (χ0) is 14.3. The molecule has 112 valence electrons. The van der Waals surface area contributed by atoms with E-state index in [-0.39, 0.29) is 31.2 Å². The lowest BCUT2D eigenvalue weighted by molar-refractivity contribution is -0.177. The molecular weight excluding hydrogens is 265 g/mol. The molecule has 19 heavy (non-hydrogen) atoms. The minimum atomic E-state index is -4.29. The number of ether oxygens (including phenoxy) is 3. The van der Waals surface area contributed by atoms with Gasteiger partial charge in [0, 0.05) is 0 Å². The summed E-state index contributed by atoms with van der Waals surface area (Å²) in [6.45, 7) is -1.18. The summed E-state index contributed by atoms with van der Waals surface area (Å²) in [5.41, 5.74) is 0. The third kappa shape index (κ3) is 6.77. The Morgan fingerprint density at radius 3 is 2.32 bits per heavy atom. The highest BCUT2D eigenvalue weighted by Crippen LogP contribution is 2.27. The van der Waals surface area contributed by atoms with Gasteiger partial charge in [0.05, 0.1) is 32.3 Å². The predicted molar refractivity (Wildman–Crippen MR) is 60.6 cm³/mol. The average molecular weight is 284 g/mol. The van der Waals surface area contributed by atoms with Crippen LogP contribution in [-0.4, -0.2) is 45.2 Å². The lowest BCUT2D eigenvalue weighted by atomic mass is 9.87. The van der Waals surface area contributed by atoms with Crippen molar-refractivity contribution in [3.8, 4) is 0 Å². The number of esters is 1. The maximum absolute atomic E-state index is 11.8. The highest BCUT2D eigenvalue weighted by molar-refractivity contribution is 5.72. The van der Waals surface area contributed by atoms with Gasteiger partial charge in [0.15, 0.2) is 0 Å². The molecule has 1 fully saturated rings. The summed E-state index contributed by atoms with van der Waals surface area (Å²) in [7, 11) is 1.36. The monoisotopic (exact) mass is 284 g/mol. The first-order chi connectivity index (χ1) is 8.92. The van der Waals surface area contributed by atoms with Crippen LogP contribution in [0.3, 0.4) is 0 Å². The van der Waals surface area contributed by atoms with Crippen LogP contribution in [0, 0.1) is 5.92 Å². The van der Waals surface area contributed by atoms with Crippen LogP contribution >= 0.6 is 0 Å². The number of methoxy groups -OCH3 is 1. The van der Waals surface area contributed by atoms with Gasteiger partial charge in [0.2, 0.25) is 0 Å². The smallest absolute Gasteiger partial charge is 0.411 e. The van der Waals surface area contributed by atoms with Crippen LogP contribution in [-0.2, 0) is 19.0 Å². The molecule has 0 bridgehead atoms. The van der Waals surface area contributed by atoms with Crippen molar-refractivity contribution in [3.63, 3.8) is 0 Å². The second-order valence-corrected chi connectivity index (χ2v) is 4.54. The number of hydrogen-bond acceptors (Lipinski definition) is 4. The van der Waals surface area contributed by atoms with Gasteiger partial charge in [-0.05, 0) is 25.7 Å². The van der Waals surface area contributed by atoms with E-state index in [9.17, 15) is 18.0 Å². The van der Waals surface area contributed by atoms with Crippen molar-refractivity contribution in [2.75, 3.05) is 26.9 Å². The summed E-state index contributed by atoms with van der Waals surface area (Å²) >= 11 is 0. The van der Waals surface area contributed by atoms with Gasteiger partial charge in [-0.1, -0.05) is 0 Å². The highest BCUT2D eigenvalue weighted by Gasteiger charge is 2.28. The quantitative estimate of drug-likeness (QED) is 0.554. The molecule has 4 nitrogen and oxygen atoms in total. The largest absolute Gasteiger partial charge is 0.469 e. The second kappa shape index (κ2) is 7.69. The summed E-state index contributed by atoms with van der Waals surface area (Å²) < 4.78 is 49.9. The number of rotatable bonds is 6. The zero-order valence-electron chi connectivity index (χ0n) is 10.9. The number of carbonyl (C=O) groups is 1. The summed E-state index contributed by atoms with van der Waals surface area (Å²) in [5.74, 6) is -0.279. The van der Waals surface area contributed by atoms with Gasteiger partial charge in [-0.3, -0.25) is 4.79 Å². The van der Waals surface area contributed by atoms with Crippen LogP contribution in [0.4, 0.5) is 13.2 Å². The van der Waals surface area contributed by atoms with Crippen LogP contribution in [0.25, 0.3) is 0 Å². The molecule has 1 rings (SSSR count). The fourth-order valence-electron chi connectivity index (χ4n) is 2.09. The molecule has 0 radical (unpaired) electrons. The fourth-order valence-corrected chi connectivity index (χ4v) is 2.09. The molecule has 0 unspecified atom stereocenters. The maximum Gasteiger partial charge on any atom is 0.411 e. The van der Waals surface area contributed by atoms with Crippen molar-refractivity contribution in [2.24, 2.45) is 5.92 Å². The summed E-state index contributed by atoms with van der Waals surface area (Å²) in [6.07, 6.45) is -1.46. The lowest BCUT2D eigenvalue weighted by Crippen LogP contribution is -2.28. The Bertz CT molecular complexity index is 273. The Morgan fingerprint density at radius 2 is 1.79 bits per heavy atom. The molecule has 1 aliphatic carbocycles. The standard InChI is InChI=1S/C12H19F3O4/c1-17-11(16)9-2-4-10(5-3-9)19-7-6-18-8-12(13,14)15/h9-10H,2-8H2,1H3. The van der Waals surface area contributed by atoms with Crippen LogP contribution in [0.5, 0.6) is 0 Å². The molecule has 0 aromatic rings. The molecule has 0 aromatic heterocycles. The minimum Gasteiger partial charge on any atom is -0.469 e. The number of carbonyl (C=O) groups excluding carboxylic acids is 1. The van der Waals surface area contributed by atoms with E-state index >= 15 is 0 Å². The summed E-state index contributed by atoms with van der Waals surface area (Å²) in [4.78, 5) is 11.3. The van der Waals surface area contributed by atoms with Gasteiger partial charge in [0.1, 0.15) is 6.61 Å². The topological polar surface area (TPSA) is 44.8 Å². The lowest BCUT2D eigenvalue weighted by Gasteiger charge is -2.26. The number of hydrogen-bond donors (Lipinski definition) is 0. The van der Waals surface area contributed by atoms with E-state index in [0.29, 0.717) is 12.8 Å². The van der Waals surface area contributed by atoms with Gasteiger partial charge in [-0.15, -0.1) is 0 Å². The van der Waals surface area contributed by atoms with E-state index in [1.54, 1.807) is 0 Å². The average Bonchev–Trinajstić information content (AvgIpc) is 2.37. The first kappa shape index (κ1) is 16.2. The third-order valence-corrected chi connectivity index (χ3v) is 3.06. The van der Waals surface area contributed by atoms with Crippen molar-refractivity contribution < 1.29 is 32.2 Å². The zero-order valence-corrected chi connectivity index (χ0v) is 10.9. The van der Waals surface area contributed by atoms with Crippen molar-refractivity contribution in [1.29, 1.82) is 0 Å². The Kier molecular flexibility index (Phi) is 6.57. The molecular formula is C12H19F3O4. The second-order valence-electron chi connectivity index (χ2n) is 4.54. The van der Waals surface area contributed by atoms with Crippen molar-refractivity contribution in [1.82, 2.24) is 0 Å². The molecule has 0 atom stereocenters. The Labute approximate surface area is 110 Å². The van der Waals surface area contributed by atoms with Crippen LogP contribution in [0.15, 0.2) is 0 Å². The molecule has 0 N–H and O–H groups in total. The molecule has 0 aromatic carbocycles. The summed E-state index contributed by atoms with van der Waals surface area (Å²) in [5, 5.41) is 0.